The summed E-state index contributed by atoms with van der Waals surface area (Å²) >= 11 is 0. The summed E-state index contributed by atoms with van der Waals surface area (Å²) in [4.78, 5) is 2.35. The Hall–Kier alpha value is -3.16. The molecule has 5 aliphatic heterocycles. The maximum Gasteiger partial charge on any atom is 0.204 e. The lowest BCUT2D eigenvalue weighted by atomic mass is 9.93. The molecule has 4 bridgehead atoms. The van der Waals surface area contributed by atoms with Crippen LogP contribution in [0.5, 0.6) is 0 Å². The summed E-state index contributed by atoms with van der Waals surface area (Å²) in [7, 11) is -4.67. The minimum atomic E-state index is -4.67. The molecule has 0 spiro atoms. The molecule has 194 valence electrons. The summed E-state index contributed by atoms with van der Waals surface area (Å²) in [5.74, 6) is 0.718. The van der Waals surface area contributed by atoms with Crippen LogP contribution in [0.1, 0.15) is 51.4 Å². The third-order valence-electron chi connectivity index (χ3n) is 9.62. The van der Waals surface area contributed by atoms with Gasteiger partial charge in [-0.25, -0.2) is 13.0 Å². The monoisotopic (exact) mass is 526 g/mol. The van der Waals surface area contributed by atoms with E-state index >= 15 is 0 Å². The van der Waals surface area contributed by atoms with Gasteiger partial charge in [0.1, 0.15) is 21.5 Å². The Kier molecular flexibility index (Phi) is 4.90. The van der Waals surface area contributed by atoms with E-state index < -0.39 is 10.1 Å². The zero-order valence-corrected chi connectivity index (χ0v) is 22.0. The Balaban J connectivity index is 1.42. The minimum absolute atomic E-state index is 0.197. The molecule has 0 unspecified atom stereocenters. The van der Waals surface area contributed by atoms with Crippen LogP contribution < -0.4 is 14.8 Å². The lowest BCUT2D eigenvalue weighted by Crippen LogP contribution is -2.33. The Bertz CT molecular complexity index is 1720. The summed E-state index contributed by atoms with van der Waals surface area (Å²) in [6, 6.07) is 21.5. The van der Waals surface area contributed by atoms with Gasteiger partial charge in [-0.05, 0) is 49.9 Å². The largest absolute Gasteiger partial charge is 0.744 e. The predicted molar refractivity (Wildman–Crippen MR) is 146 cm³/mol. The quantitative estimate of drug-likeness (QED) is 0.205. The van der Waals surface area contributed by atoms with E-state index in [9.17, 15) is 13.0 Å². The molecule has 7 heteroatoms. The van der Waals surface area contributed by atoms with Crippen molar-refractivity contribution >= 4 is 26.8 Å². The van der Waals surface area contributed by atoms with Crippen LogP contribution in [0.25, 0.3) is 33.4 Å². The minimum Gasteiger partial charge on any atom is -0.744 e. The number of nitrogens with zero attached hydrogens (tertiary/aromatic N) is 2. The third kappa shape index (κ3) is 3.34. The lowest BCUT2D eigenvalue weighted by Gasteiger charge is -2.25. The number of hydrogen-bond acceptors (Lipinski definition) is 5. The molecule has 1 aliphatic carbocycles. The fraction of sp³-hybridized carbons (Fsp3) is 0.387. The molecule has 0 saturated carbocycles. The van der Waals surface area contributed by atoms with Crippen molar-refractivity contribution in [2.24, 2.45) is 0 Å². The maximum atomic E-state index is 12.3. The molecular formula is C31H30N2O4S. The van der Waals surface area contributed by atoms with Gasteiger partial charge in [0, 0.05) is 77.7 Å². The highest BCUT2D eigenvalue weighted by Gasteiger charge is 2.44. The highest BCUT2D eigenvalue weighted by molar-refractivity contribution is 7.85. The van der Waals surface area contributed by atoms with Gasteiger partial charge in [0.25, 0.3) is 0 Å². The van der Waals surface area contributed by atoms with Crippen molar-refractivity contribution < 1.29 is 17.4 Å². The molecule has 0 atom stereocenters. The Labute approximate surface area is 222 Å². The molecule has 6 nitrogen and oxygen atoms in total. The van der Waals surface area contributed by atoms with E-state index in [1.165, 1.54) is 57.4 Å². The van der Waals surface area contributed by atoms with Crippen LogP contribution in [0, 0.1) is 0 Å². The summed E-state index contributed by atoms with van der Waals surface area (Å²) in [6.45, 7) is 0. The van der Waals surface area contributed by atoms with Crippen molar-refractivity contribution in [1.82, 2.24) is 4.58 Å². The second kappa shape index (κ2) is 8.17. The second-order valence-electron chi connectivity index (χ2n) is 11.5. The van der Waals surface area contributed by atoms with Crippen LogP contribution in [0.2, 0.25) is 0 Å². The van der Waals surface area contributed by atoms with Crippen LogP contribution in [-0.4, -0.2) is 37.1 Å². The zero-order valence-electron chi connectivity index (χ0n) is 21.2. The van der Waals surface area contributed by atoms with E-state index in [2.05, 4.69) is 33.7 Å². The number of benzene rings is 3. The van der Waals surface area contributed by atoms with Gasteiger partial charge in [0.15, 0.2) is 12.1 Å². The van der Waals surface area contributed by atoms with E-state index in [-0.39, 0.29) is 4.90 Å². The fourth-order valence-corrected chi connectivity index (χ4v) is 8.72. The van der Waals surface area contributed by atoms with Crippen LogP contribution in [0.15, 0.2) is 70.0 Å². The Morgan fingerprint density at radius 2 is 1.47 bits per heavy atom. The molecule has 4 saturated heterocycles. The first-order chi connectivity index (χ1) is 18.5. The van der Waals surface area contributed by atoms with Crippen molar-refractivity contribution in [3.63, 3.8) is 0 Å². The molecule has 6 aliphatic rings. The first-order valence-electron chi connectivity index (χ1n) is 13.9. The van der Waals surface area contributed by atoms with Gasteiger partial charge in [0.05, 0.1) is 11.0 Å². The molecule has 8 rings (SSSR count). The van der Waals surface area contributed by atoms with Crippen molar-refractivity contribution in [1.29, 1.82) is 0 Å². The standard InChI is InChI=1S/C31H30N2O4S/c34-38(35,36)30-4-2-1-3-27(30)31-25-15-13-23(32-19-5-6-20(32)8-7-19)17-28(25)37-29-18-24(14-16-26(29)31)33-21-9-10-22(33)12-11-21/h1-4,13-22H,5-12H2. The molecule has 2 aromatic carbocycles. The van der Waals surface area contributed by atoms with E-state index in [1.807, 2.05) is 12.1 Å². The number of fused-ring (bicyclic) bond motifs is 6. The van der Waals surface area contributed by atoms with Crippen molar-refractivity contribution in [2.45, 2.75) is 80.4 Å². The molecule has 0 radical (unpaired) electrons. The zero-order chi connectivity index (χ0) is 25.6. The van der Waals surface area contributed by atoms with Crippen LogP contribution >= 0.6 is 0 Å². The molecule has 0 amide bonds. The van der Waals surface area contributed by atoms with Gasteiger partial charge >= 0.3 is 0 Å². The number of hydrogen-bond donors (Lipinski definition) is 0. The van der Waals surface area contributed by atoms with Gasteiger partial charge < -0.3 is 13.9 Å². The van der Waals surface area contributed by atoms with Crippen molar-refractivity contribution in [2.75, 3.05) is 4.90 Å². The van der Waals surface area contributed by atoms with Gasteiger partial charge in [0.2, 0.25) is 5.36 Å². The summed E-state index contributed by atoms with van der Waals surface area (Å²) < 4.78 is 46.1. The number of anilines is 1. The number of rotatable bonds is 3. The van der Waals surface area contributed by atoms with Crippen LogP contribution in [0.4, 0.5) is 5.69 Å². The van der Waals surface area contributed by atoms with Crippen LogP contribution in [0.3, 0.4) is 0 Å². The molecule has 5 heterocycles. The molecular weight excluding hydrogens is 496 g/mol. The topological polar surface area (TPSA) is 76.6 Å². The summed E-state index contributed by atoms with van der Waals surface area (Å²) in [5, 5.41) is 1.98. The SMILES string of the molecule is O=S(=O)([O-])c1ccccc1-c1c2ccc(=[N+]3C4CCC3CC4)cc-2oc2cc(N3C4CCC3CC4)ccc12. The molecule has 0 aromatic heterocycles. The van der Waals surface area contributed by atoms with E-state index in [0.29, 0.717) is 29.7 Å². The maximum absolute atomic E-state index is 12.3. The van der Waals surface area contributed by atoms with Gasteiger partial charge in [-0.15, -0.1) is 0 Å². The second-order valence-corrected chi connectivity index (χ2v) is 12.9. The van der Waals surface area contributed by atoms with E-state index in [0.717, 1.165) is 38.9 Å². The van der Waals surface area contributed by atoms with Gasteiger partial charge in [-0.1, -0.05) is 18.2 Å². The Morgan fingerprint density at radius 1 is 0.789 bits per heavy atom. The van der Waals surface area contributed by atoms with Crippen molar-refractivity contribution in [3.8, 4) is 22.5 Å². The van der Waals surface area contributed by atoms with E-state index in [1.54, 1.807) is 18.2 Å². The van der Waals surface area contributed by atoms with Gasteiger partial charge in [-0.3, -0.25) is 0 Å². The normalized spacial score (nSPS) is 26.3. The first kappa shape index (κ1) is 22.8. The van der Waals surface area contributed by atoms with Gasteiger partial charge in [-0.2, -0.15) is 0 Å². The third-order valence-corrected chi connectivity index (χ3v) is 10.5. The summed E-state index contributed by atoms with van der Waals surface area (Å²) in [6.07, 6.45) is 9.88. The molecule has 4 fully saturated rings. The first-order valence-corrected chi connectivity index (χ1v) is 15.3. The smallest absolute Gasteiger partial charge is 0.204 e. The highest BCUT2D eigenvalue weighted by Crippen LogP contribution is 2.45. The Morgan fingerprint density at radius 3 is 2.16 bits per heavy atom. The van der Waals surface area contributed by atoms with Crippen LogP contribution in [-0.2, 0) is 10.1 Å². The lowest BCUT2D eigenvalue weighted by molar-refractivity contribution is 0.463. The summed E-state index contributed by atoms with van der Waals surface area (Å²) in [5.41, 5.74) is 3.86. The molecule has 38 heavy (non-hydrogen) atoms. The highest BCUT2D eigenvalue weighted by atomic mass is 32.2. The average Bonchev–Trinajstić information content (AvgIpc) is 3.72. The molecule has 0 N–H and O–H groups in total. The predicted octanol–water partition coefficient (Wildman–Crippen LogP) is 5.34. The van der Waals surface area contributed by atoms with Crippen molar-refractivity contribution in [3.05, 3.63) is 66.0 Å². The van der Waals surface area contributed by atoms with E-state index in [4.69, 9.17) is 4.42 Å². The molecule has 2 aromatic rings. The average molecular weight is 527 g/mol. The fourth-order valence-electron chi connectivity index (χ4n) is 8.04.